The van der Waals surface area contributed by atoms with E-state index in [1.807, 2.05) is 6.92 Å². The summed E-state index contributed by atoms with van der Waals surface area (Å²) in [4.78, 5) is 0. The smallest absolute Gasteiger partial charge is 0.168 e. The molecular weight excluding hydrogens is 124 g/mol. The first-order valence-corrected chi connectivity index (χ1v) is 4.38. The van der Waals surface area contributed by atoms with Gasteiger partial charge in [0.25, 0.3) is 0 Å². The predicted molar refractivity (Wildman–Crippen MR) is 34.3 cm³/mol. The predicted octanol–water partition coefficient (Wildman–Crippen LogP) is 0.955. The lowest BCUT2D eigenvalue weighted by Gasteiger charge is -1.80. The fourth-order valence-corrected chi connectivity index (χ4v) is 0.813. The van der Waals surface area contributed by atoms with Crippen molar-refractivity contribution in [3.63, 3.8) is 0 Å². The van der Waals surface area contributed by atoms with E-state index < -0.39 is 9.84 Å². The summed E-state index contributed by atoms with van der Waals surface area (Å²) >= 11 is 0. The highest BCUT2D eigenvalue weighted by Gasteiger charge is 1.88. The van der Waals surface area contributed by atoms with Crippen molar-refractivity contribution in [2.45, 2.75) is 13.3 Å². The van der Waals surface area contributed by atoms with Gasteiger partial charge in [-0.05, 0) is 6.42 Å². The molecular formula is C5H10O2S. The topological polar surface area (TPSA) is 34.1 Å². The van der Waals surface area contributed by atoms with Crippen LogP contribution in [0.1, 0.15) is 13.3 Å². The molecule has 0 aliphatic carbocycles. The van der Waals surface area contributed by atoms with Crippen LogP contribution in [0.25, 0.3) is 0 Å². The standard InChI is InChI=1S/C5H10O2S/c1-3-4-5-8(2,6)7/h4-5H,3H2,1-2H3. The second-order valence-electron chi connectivity index (χ2n) is 1.61. The molecule has 0 saturated carbocycles. The third kappa shape index (κ3) is 5.69. The zero-order valence-electron chi connectivity index (χ0n) is 5.09. The van der Waals surface area contributed by atoms with Crippen LogP contribution >= 0.6 is 0 Å². The van der Waals surface area contributed by atoms with E-state index in [0.29, 0.717) is 0 Å². The van der Waals surface area contributed by atoms with Gasteiger partial charge >= 0.3 is 0 Å². The average molecular weight is 134 g/mol. The number of hydrogen-bond donors (Lipinski definition) is 0. The first kappa shape index (κ1) is 7.69. The Balaban J connectivity index is 3.92. The van der Waals surface area contributed by atoms with Crippen LogP contribution in [0.15, 0.2) is 11.5 Å². The maximum Gasteiger partial charge on any atom is 0.168 e. The van der Waals surface area contributed by atoms with Crippen LogP contribution in [0.4, 0.5) is 0 Å². The minimum Gasteiger partial charge on any atom is -0.225 e. The molecule has 0 spiro atoms. The minimum atomic E-state index is -2.87. The van der Waals surface area contributed by atoms with Crippen molar-refractivity contribution in [2.24, 2.45) is 0 Å². The first-order valence-electron chi connectivity index (χ1n) is 2.43. The van der Waals surface area contributed by atoms with Crippen LogP contribution in [-0.4, -0.2) is 14.7 Å². The first-order chi connectivity index (χ1) is 3.56. The van der Waals surface area contributed by atoms with Crippen molar-refractivity contribution in [1.29, 1.82) is 0 Å². The van der Waals surface area contributed by atoms with E-state index >= 15 is 0 Å². The number of sulfone groups is 1. The summed E-state index contributed by atoms with van der Waals surface area (Å²) in [6.45, 7) is 1.89. The lowest BCUT2D eigenvalue weighted by Crippen LogP contribution is -1.86. The van der Waals surface area contributed by atoms with E-state index in [1.54, 1.807) is 6.08 Å². The second kappa shape index (κ2) is 2.87. The van der Waals surface area contributed by atoms with Crippen molar-refractivity contribution in [1.82, 2.24) is 0 Å². The molecule has 0 aliphatic rings. The molecule has 0 aromatic heterocycles. The van der Waals surface area contributed by atoms with Gasteiger partial charge < -0.3 is 0 Å². The molecule has 0 saturated heterocycles. The summed E-state index contributed by atoms with van der Waals surface area (Å²) in [6.07, 6.45) is 3.57. The molecule has 0 rings (SSSR count). The molecule has 0 N–H and O–H groups in total. The number of allylic oxidation sites excluding steroid dienone is 1. The van der Waals surface area contributed by atoms with E-state index in [2.05, 4.69) is 0 Å². The Morgan fingerprint density at radius 2 is 2.00 bits per heavy atom. The van der Waals surface area contributed by atoms with Gasteiger partial charge in [-0.1, -0.05) is 13.0 Å². The van der Waals surface area contributed by atoms with E-state index in [9.17, 15) is 8.42 Å². The van der Waals surface area contributed by atoms with Crippen molar-refractivity contribution in [3.8, 4) is 0 Å². The lowest BCUT2D eigenvalue weighted by atomic mass is 10.5. The van der Waals surface area contributed by atoms with Gasteiger partial charge in [-0.3, -0.25) is 0 Å². The zero-order chi connectivity index (χ0) is 6.62. The monoisotopic (exact) mass is 134 g/mol. The van der Waals surface area contributed by atoms with E-state index in [4.69, 9.17) is 0 Å². The van der Waals surface area contributed by atoms with E-state index in [1.165, 1.54) is 11.7 Å². The molecule has 0 aliphatic heterocycles. The summed E-state index contributed by atoms with van der Waals surface area (Å²) < 4.78 is 20.6. The SMILES string of the molecule is CCC=CS(C)(=O)=O. The van der Waals surface area contributed by atoms with E-state index in [-0.39, 0.29) is 0 Å². The Hall–Kier alpha value is -0.310. The van der Waals surface area contributed by atoms with Crippen LogP contribution in [0, 0.1) is 0 Å². The third-order valence-corrected chi connectivity index (χ3v) is 1.27. The van der Waals surface area contributed by atoms with Crippen LogP contribution < -0.4 is 0 Å². The Kier molecular flexibility index (Phi) is 2.76. The molecule has 0 aromatic carbocycles. The van der Waals surface area contributed by atoms with E-state index in [0.717, 1.165) is 6.42 Å². The minimum absolute atomic E-state index is 0.771. The fraction of sp³-hybridized carbons (Fsp3) is 0.600. The molecule has 8 heavy (non-hydrogen) atoms. The van der Waals surface area contributed by atoms with Gasteiger partial charge in [0.15, 0.2) is 9.84 Å². The molecule has 0 aromatic rings. The number of hydrogen-bond acceptors (Lipinski definition) is 2. The fourth-order valence-electron chi connectivity index (χ4n) is 0.271. The Morgan fingerprint density at radius 3 is 2.12 bits per heavy atom. The van der Waals surface area contributed by atoms with Crippen molar-refractivity contribution in [3.05, 3.63) is 11.5 Å². The average Bonchev–Trinajstić information content (AvgIpc) is 1.59. The van der Waals surface area contributed by atoms with Crippen LogP contribution in [0.5, 0.6) is 0 Å². The molecule has 48 valence electrons. The molecule has 0 bridgehead atoms. The van der Waals surface area contributed by atoms with Crippen LogP contribution in [0.2, 0.25) is 0 Å². The van der Waals surface area contributed by atoms with Gasteiger partial charge in [-0.15, -0.1) is 0 Å². The van der Waals surface area contributed by atoms with Gasteiger partial charge in [-0.25, -0.2) is 8.42 Å². The summed E-state index contributed by atoms with van der Waals surface area (Å²) in [5.41, 5.74) is 0. The molecule has 0 atom stereocenters. The van der Waals surface area contributed by atoms with Gasteiger partial charge in [-0.2, -0.15) is 0 Å². The summed E-state index contributed by atoms with van der Waals surface area (Å²) in [5.74, 6) is 0. The third-order valence-electron chi connectivity index (χ3n) is 0.579. The van der Waals surface area contributed by atoms with Crippen molar-refractivity contribution in [2.75, 3.05) is 6.26 Å². The van der Waals surface area contributed by atoms with Crippen LogP contribution in [-0.2, 0) is 9.84 Å². The maximum atomic E-state index is 10.3. The summed E-state index contributed by atoms with van der Waals surface area (Å²) in [6, 6.07) is 0. The normalized spacial score (nSPS) is 12.8. The quantitative estimate of drug-likeness (QED) is 0.563. The van der Waals surface area contributed by atoms with Crippen molar-refractivity contribution < 1.29 is 8.42 Å². The van der Waals surface area contributed by atoms with Gasteiger partial charge in [0.2, 0.25) is 0 Å². The van der Waals surface area contributed by atoms with Gasteiger partial charge in [0, 0.05) is 11.7 Å². The highest BCUT2D eigenvalue weighted by Crippen LogP contribution is 1.86. The molecule has 0 fully saturated rings. The highest BCUT2D eigenvalue weighted by molar-refractivity contribution is 7.93. The molecule has 3 heteroatoms. The largest absolute Gasteiger partial charge is 0.225 e. The van der Waals surface area contributed by atoms with Crippen LogP contribution in [0.3, 0.4) is 0 Å². The van der Waals surface area contributed by atoms with Gasteiger partial charge in [0.05, 0.1) is 0 Å². The highest BCUT2D eigenvalue weighted by atomic mass is 32.2. The van der Waals surface area contributed by atoms with Crippen molar-refractivity contribution >= 4 is 9.84 Å². The molecule has 2 nitrogen and oxygen atoms in total. The summed E-state index contributed by atoms with van der Waals surface area (Å²) in [7, 11) is -2.87. The second-order valence-corrected chi connectivity index (χ2v) is 3.54. The molecule has 0 heterocycles. The molecule has 0 unspecified atom stereocenters. The lowest BCUT2D eigenvalue weighted by molar-refractivity contribution is 0.610. The Bertz CT molecular complexity index is 165. The number of rotatable bonds is 2. The molecule has 0 amide bonds. The summed E-state index contributed by atoms with van der Waals surface area (Å²) in [5, 5.41) is 1.22. The Labute approximate surface area is 50.1 Å². The maximum absolute atomic E-state index is 10.3. The zero-order valence-corrected chi connectivity index (χ0v) is 5.90. The van der Waals surface area contributed by atoms with Gasteiger partial charge in [0.1, 0.15) is 0 Å². The molecule has 0 radical (unpaired) electrons. The Morgan fingerprint density at radius 1 is 1.50 bits per heavy atom.